The standard InChI is InChI=1S/C16H18F2N2O/c1-9(10-2-3-10)20-14(19-16(6-7-16)15(20)21)12-5-4-11(17)8-13(12)18/h4-5,8-10,14,19H,2-3,6-7H2,1H3. The molecular weight excluding hydrogens is 274 g/mol. The lowest BCUT2D eigenvalue weighted by atomic mass is 10.1. The average molecular weight is 292 g/mol. The van der Waals surface area contributed by atoms with Crippen molar-refractivity contribution in [3.63, 3.8) is 0 Å². The molecule has 112 valence electrons. The predicted molar refractivity (Wildman–Crippen MR) is 73.2 cm³/mol. The number of amides is 1. The summed E-state index contributed by atoms with van der Waals surface area (Å²) in [6.45, 7) is 2.03. The Morgan fingerprint density at radius 2 is 2.05 bits per heavy atom. The molecular formula is C16H18F2N2O. The Morgan fingerprint density at radius 3 is 2.62 bits per heavy atom. The van der Waals surface area contributed by atoms with Crippen molar-refractivity contribution in [2.75, 3.05) is 0 Å². The molecule has 1 spiro atoms. The van der Waals surface area contributed by atoms with E-state index in [1.807, 2.05) is 6.92 Å². The SMILES string of the molecule is CC(C1CC1)N1C(=O)C2(CC2)NC1c1ccc(F)cc1F. The fourth-order valence-electron chi connectivity index (χ4n) is 3.42. The van der Waals surface area contributed by atoms with Gasteiger partial charge in [0.1, 0.15) is 23.3 Å². The average Bonchev–Trinajstić information content (AvgIpc) is 3.32. The van der Waals surface area contributed by atoms with Crippen LogP contribution in [0.2, 0.25) is 0 Å². The number of halogens is 2. The van der Waals surface area contributed by atoms with E-state index in [1.165, 1.54) is 12.1 Å². The van der Waals surface area contributed by atoms with Crippen LogP contribution in [-0.2, 0) is 4.79 Å². The lowest BCUT2D eigenvalue weighted by Gasteiger charge is -2.31. The molecule has 1 aliphatic heterocycles. The van der Waals surface area contributed by atoms with Crippen LogP contribution in [0.15, 0.2) is 18.2 Å². The van der Waals surface area contributed by atoms with Crippen LogP contribution >= 0.6 is 0 Å². The Balaban J connectivity index is 1.72. The van der Waals surface area contributed by atoms with Crippen molar-refractivity contribution >= 4 is 5.91 Å². The monoisotopic (exact) mass is 292 g/mol. The number of carbonyl (C=O) groups excluding carboxylic acids is 1. The van der Waals surface area contributed by atoms with Gasteiger partial charge in [-0.25, -0.2) is 8.78 Å². The van der Waals surface area contributed by atoms with Gasteiger partial charge in [0.05, 0.1) is 0 Å². The molecule has 5 heteroatoms. The molecule has 3 nitrogen and oxygen atoms in total. The van der Waals surface area contributed by atoms with Crippen molar-refractivity contribution in [2.24, 2.45) is 5.92 Å². The van der Waals surface area contributed by atoms with Crippen LogP contribution in [0.4, 0.5) is 8.78 Å². The topological polar surface area (TPSA) is 32.3 Å². The van der Waals surface area contributed by atoms with Crippen molar-refractivity contribution < 1.29 is 13.6 Å². The lowest BCUT2D eigenvalue weighted by Crippen LogP contribution is -2.40. The van der Waals surface area contributed by atoms with Gasteiger partial charge in [0.25, 0.3) is 0 Å². The third kappa shape index (κ3) is 1.98. The van der Waals surface area contributed by atoms with E-state index in [0.717, 1.165) is 31.7 Å². The lowest BCUT2D eigenvalue weighted by molar-refractivity contribution is -0.133. The summed E-state index contributed by atoms with van der Waals surface area (Å²) < 4.78 is 27.3. The second kappa shape index (κ2) is 4.26. The Labute approximate surface area is 122 Å². The van der Waals surface area contributed by atoms with E-state index < -0.39 is 23.3 Å². The van der Waals surface area contributed by atoms with Crippen LogP contribution in [-0.4, -0.2) is 22.4 Å². The van der Waals surface area contributed by atoms with E-state index in [-0.39, 0.29) is 11.9 Å². The van der Waals surface area contributed by atoms with Gasteiger partial charge in [0.15, 0.2) is 0 Å². The van der Waals surface area contributed by atoms with E-state index >= 15 is 0 Å². The number of nitrogens with zero attached hydrogens (tertiary/aromatic N) is 1. The summed E-state index contributed by atoms with van der Waals surface area (Å²) in [5.41, 5.74) is -0.129. The molecule has 4 rings (SSSR count). The molecule has 2 aliphatic carbocycles. The van der Waals surface area contributed by atoms with Crippen LogP contribution in [0, 0.1) is 17.6 Å². The molecule has 21 heavy (non-hydrogen) atoms. The maximum atomic E-state index is 14.1. The van der Waals surface area contributed by atoms with Crippen molar-refractivity contribution in [3.8, 4) is 0 Å². The molecule has 1 saturated heterocycles. The van der Waals surface area contributed by atoms with Gasteiger partial charge in [-0.1, -0.05) is 0 Å². The Hall–Kier alpha value is -1.49. The summed E-state index contributed by atoms with van der Waals surface area (Å²) in [7, 11) is 0. The second-order valence-electron chi connectivity index (χ2n) is 6.59. The fraction of sp³-hybridized carbons (Fsp3) is 0.562. The molecule has 1 heterocycles. The number of hydrogen-bond donors (Lipinski definition) is 1. The minimum Gasteiger partial charge on any atom is -0.318 e. The molecule has 2 atom stereocenters. The van der Waals surface area contributed by atoms with Gasteiger partial charge in [-0.3, -0.25) is 10.1 Å². The number of benzene rings is 1. The highest BCUT2D eigenvalue weighted by atomic mass is 19.1. The molecule has 1 aromatic rings. The molecule has 1 amide bonds. The normalized spacial score (nSPS) is 28.2. The van der Waals surface area contributed by atoms with E-state index in [9.17, 15) is 13.6 Å². The highest BCUT2D eigenvalue weighted by molar-refractivity contribution is 5.92. The molecule has 3 fully saturated rings. The summed E-state index contributed by atoms with van der Waals surface area (Å²) in [5.74, 6) is -0.596. The van der Waals surface area contributed by atoms with Crippen LogP contribution < -0.4 is 5.32 Å². The van der Waals surface area contributed by atoms with Crippen LogP contribution in [0.3, 0.4) is 0 Å². The zero-order valence-corrected chi connectivity index (χ0v) is 11.9. The molecule has 1 aromatic carbocycles. The number of hydrogen-bond acceptors (Lipinski definition) is 2. The Morgan fingerprint density at radius 1 is 1.33 bits per heavy atom. The fourth-order valence-corrected chi connectivity index (χ4v) is 3.42. The van der Waals surface area contributed by atoms with Gasteiger partial charge in [-0.2, -0.15) is 0 Å². The maximum absolute atomic E-state index is 14.1. The minimum absolute atomic E-state index is 0.0793. The van der Waals surface area contributed by atoms with Crippen molar-refractivity contribution in [3.05, 3.63) is 35.4 Å². The number of rotatable bonds is 3. The first-order chi connectivity index (χ1) is 10.0. The first-order valence-corrected chi connectivity index (χ1v) is 7.57. The highest BCUT2D eigenvalue weighted by Gasteiger charge is 2.61. The van der Waals surface area contributed by atoms with Gasteiger partial charge < -0.3 is 4.90 Å². The maximum Gasteiger partial charge on any atom is 0.244 e. The highest BCUT2D eigenvalue weighted by Crippen LogP contribution is 2.49. The van der Waals surface area contributed by atoms with Gasteiger partial charge >= 0.3 is 0 Å². The predicted octanol–water partition coefficient (Wildman–Crippen LogP) is 2.73. The second-order valence-corrected chi connectivity index (χ2v) is 6.59. The molecule has 0 radical (unpaired) electrons. The van der Waals surface area contributed by atoms with Crippen molar-refractivity contribution in [1.29, 1.82) is 0 Å². The van der Waals surface area contributed by atoms with Crippen molar-refractivity contribution in [2.45, 2.75) is 50.4 Å². The summed E-state index contributed by atoms with van der Waals surface area (Å²) >= 11 is 0. The summed E-state index contributed by atoms with van der Waals surface area (Å²) in [6.07, 6.45) is 3.38. The quantitative estimate of drug-likeness (QED) is 0.929. The summed E-state index contributed by atoms with van der Waals surface area (Å²) in [6, 6.07) is 3.69. The molecule has 0 aromatic heterocycles. The van der Waals surface area contributed by atoms with Gasteiger partial charge in [-0.05, 0) is 50.7 Å². The minimum atomic E-state index is -0.594. The molecule has 0 bridgehead atoms. The van der Waals surface area contributed by atoms with Gasteiger partial charge in [-0.15, -0.1) is 0 Å². The third-order valence-corrected chi connectivity index (χ3v) is 5.09. The van der Waals surface area contributed by atoms with E-state index in [4.69, 9.17) is 0 Å². The number of carbonyl (C=O) groups is 1. The van der Waals surface area contributed by atoms with Gasteiger partial charge in [0.2, 0.25) is 5.91 Å². The van der Waals surface area contributed by atoms with E-state index in [1.54, 1.807) is 4.90 Å². The van der Waals surface area contributed by atoms with Crippen molar-refractivity contribution in [1.82, 2.24) is 10.2 Å². The zero-order valence-electron chi connectivity index (χ0n) is 11.9. The molecule has 3 aliphatic rings. The van der Waals surface area contributed by atoms with Gasteiger partial charge in [0, 0.05) is 17.7 Å². The third-order valence-electron chi connectivity index (χ3n) is 5.09. The first-order valence-electron chi connectivity index (χ1n) is 7.57. The molecule has 1 N–H and O–H groups in total. The molecule has 2 unspecified atom stereocenters. The van der Waals surface area contributed by atoms with Crippen LogP contribution in [0.1, 0.15) is 44.3 Å². The molecule has 2 saturated carbocycles. The largest absolute Gasteiger partial charge is 0.318 e. The smallest absolute Gasteiger partial charge is 0.244 e. The first kappa shape index (κ1) is 13.2. The summed E-state index contributed by atoms with van der Waals surface area (Å²) in [5, 5.41) is 3.30. The Bertz CT molecular complexity index is 610. The Kier molecular flexibility index (Phi) is 2.67. The van der Waals surface area contributed by atoms with E-state index in [2.05, 4.69) is 5.32 Å². The van der Waals surface area contributed by atoms with E-state index in [0.29, 0.717) is 11.5 Å². The zero-order chi connectivity index (χ0) is 14.8. The van der Waals surface area contributed by atoms with Crippen LogP contribution in [0.5, 0.6) is 0 Å². The number of nitrogens with one attached hydrogen (secondary N) is 1. The summed E-state index contributed by atoms with van der Waals surface area (Å²) in [4.78, 5) is 14.5. The van der Waals surface area contributed by atoms with Crippen LogP contribution in [0.25, 0.3) is 0 Å².